The van der Waals surface area contributed by atoms with Gasteiger partial charge in [0.2, 0.25) is 5.88 Å². The van der Waals surface area contributed by atoms with E-state index in [2.05, 4.69) is 14.9 Å². The van der Waals surface area contributed by atoms with Crippen LogP contribution in [0.15, 0.2) is 6.33 Å². The van der Waals surface area contributed by atoms with Crippen LogP contribution in [-0.2, 0) is 0 Å². The Bertz CT molecular complexity index is 355. The van der Waals surface area contributed by atoms with Gasteiger partial charge in [-0.05, 0) is 13.3 Å². The number of anilines is 1. The largest absolute Gasteiger partial charge is 0.481 e. The van der Waals surface area contributed by atoms with Gasteiger partial charge in [-0.15, -0.1) is 0 Å². The highest BCUT2D eigenvalue weighted by Crippen LogP contribution is 2.25. The molecule has 1 aliphatic rings. The van der Waals surface area contributed by atoms with Gasteiger partial charge >= 0.3 is 0 Å². The second-order valence-corrected chi connectivity index (χ2v) is 3.83. The quantitative estimate of drug-likeness (QED) is 0.758. The minimum Gasteiger partial charge on any atom is -0.481 e. The SMILES string of the molecule is COc1ncnc(N2CCC(N)C2)c1C. The predicted molar refractivity (Wildman–Crippen MR) is 58.1 cm³/mol. The van der Waals surface area contributed by atoms with Crippen LogP contribution in [0, 0.1) is 6.92 Å². The van der Waals surface area contributed by atoms with Crippen LogP contribution in [0.3, 0.4) is 0 Å². The number of hydrogen-bond donors (Lipinski definition) is 1. The summed E-state index contributed by atoms with van der Waals surface area (Å²) >= 11 is 0. The predicted octanol–water partition coefficient (Wildman–Crippen LogP) is 0.331. The Kier molecular flexibility index (Phi) is 2.73. The average molecular weight is 208 g/mol. The first-order chi connectivity index (χ1) is 7.22. The summed E-state index contributed by atoms with van der Waals surface area (Å²) in [5.41, 5.74) is 6.85. The molecule has 1 fully saturated rings. The van der Waals surface area contributed by atoms with E-state index < -0.39 is 0 Å². The van der Waals surface area contributed by atoms with E-state index in [-0.39, 0.29) is 6.04 Å². The van der Waals surface area contributed by atoms with Crippen LogP contribution in [0.4, 0.5) is 5.82 Å². The van der Waals surface area contributed by atoms with Crippen LogP contribution in [-0.4, -0.2) is 36.2 Å². The van der Waals surface area contributed by atoms with Crippen molar-refractivity contribution in [1.82, 2.24) is 9.97 Å². The molecule has 0 aromatic carbocycles. The smallest absolute Gasteiger partial charge is 0.221 e. The molecule has 15 heavy (non-hydrogen) atoms. The summed E-state index contributed by atoms with van der Waals surface area (Å²) in [7, 11) is 1.62. The fourth-order valence-corrected chi connectivity index (χ4v) is 1.93. The summed E-state index contributed by atoms with van der Waals surface area (Å²) in [4.78, 5) is 10.5. The van der Waals surface area contributed by atoms with Crippen LogP contribution < -0.4 is 15.4 Å². The summed E-state index contributed by atoms with van der Waals surface area (Å²) in [6.45, 7) is 3.79. The van der Waals surface area contributed by atoms with Gasteiger partial charge in [-0.1, -0.05) is 0 Å². The maximum Gasteiger partial charge on any atom is 0.221 e. The molecule has 2 rings (SSSR count). The lowest BCUT2D eigenvalue weighted by molar-refractivity contribution is 0.393. The van der Waals surface area contributed by atoms with Crippen molar-refractivity contribution in [3.8, 4) is 5.88 Å². The minimum absolute atomic E-state index is 0.255. The minimum atomic E-state index is 0.255. The van der Waals surface area contributed by atoms with E-state index in [4.69, 9.17) is 10.5 Å². The number of aromatic nitrogens is 2. The molecule has 5 nitrogen and oxygen atoms in total. The van der Waals surface area contributed by atoms with Crippen molar-refractivity contribution in [2.24, 2.45) is 5.73 Å². The molecular weight excluding hydrogens is 192 g/mol. The summed E-state index contributed by atoms with van der Waals surface area (Å²) in [6, 6.07) is 0.255. The maximum absolute atomic E-state index is 5.87. The lowest BCUT2D eigenvalue weighted by atomic mass is 10.3. The number of rotatable bonds is 2. The first-order valence-electron chi connectivity index (χ1n) is 5.08. The molecule has 0 bridgehead atoms. The van der Waals surface area contributed by atoms with Gasteiger partial charge < -0.3 is 15.4 Å². The summed E-state index contributed by atoms with van der Waals surface area (Å²) in [6.07, 6.45) is 2.55. The molecule has 0 amide bonds. The van der Waals surface area contributed by atoms with Crippen molar-refractivity contribution in [1.29, 1.82) is 0 Å². The van der Waals surface area contributed by atoms with Gasteiger partial charge in [0.05, 0.1) is 12.7 Å². The average Bonchev–Trinajstić information content (AvgIpc) is 2.65. The van der Waals surface area contributed by atoms with Gasteiger partial charge in [0, 0.05) is 19.1 Å². The van der Waals surface area contributed by atoms with E-state index in [0.29, 0.717) is 5.88 Å². The van der Waals surface area contributed by atoms with Crippen molar-refractivity contribution in [2.45, 2.75) is 19.4 Å². The molecule has 0 spiro atoms. The molecule has 2 heterocycles. The number of ether oxygens (including phenoxy) is 1. The maximum atomic E-state index is 5.87. The Balaban J connectivity index is 2.28. The fourth-order valence-electron chi connectivity index (χ4n) is 1.93. The van der Waals surface area contributed by atoms with Crippen molar-refractivity contribution in [2.75, 3.05) is 25.1 Å². The zero-order valence-corrected chi connectivity index (χ0v) is 9.10. The van der Waals surface area contributed by atoms with Crippen molar-refractivity contribution in [3.63, 3.8) is 0 Å². The Morgan fingerprint density at radius 2 is 2.33 bits per heavy atom. The molecule has 0 saturated carbocycles. The Morgan fingerprint density at radius 1 is 1.53 bits per heavy atom. The first-order valence-corrected chi connectivity index (χ1v) is 5.08. The molecule has 0 radical (unpaired) electrons. The van der Waals surface area contributed by atoms with Crippen LogP contribution in [0.5, 0.6) is 5.88 Å². The van der Waals surface area contributed by atoms with E-state index in [1.165, 1.54) is 6.33 Å². The Morgan fingerprint density at radius 3 is 2.93 bits per heavy atom. The lowest BCUT2D eigenvalue weighted by Crippen LogP contribution is -2.27. The molecule has 1 atom stereocenters. The monoisotopic (exact) mass is 208 g/mol. The molecule has 1 aromatic rings. The topological polar surface area (TPSA) is 64.3 Å². The third-order valence-corrected chi connectivity index (χ3v) is 2.73. The van der Waals surface area contributed by atoms with E-state index in [0.717, 1.165) is 30.9 Å². The van der Waals surface area contributed by atoms with E-state index in [1.807, 2.05) is 6.92 Å². The third-order valence-electron chi connectivity index (χ3n) is 2.73. The Labute approximate surface area is 89.3 Å². The summed E-state index contributed by atoms with van der Waals surface area (Å²) in [5.74, 6) is 1.58. The highest BCUT2D eigenvalue weighted by molar-refractivity contribution is 5.51. The van der Waals surface area contributed by atoms with E-state index in [9.17, 15) is 0 Å². The summed E-state index contributed by atoms with van der Waals surface area (Å²) in [5, 5.41) is 0. The third kappa shape index (κ3) is 1.87. The molecule has 1 aliphatic heterocycles. The van der Waals surface area contributed by atoms with Gasteiger partial charge in [0.25, 0.3) is 0 Å². The number of hydrogen-bond acceptors (Lipinski definition) is 5. The van der Waals surface area contributed by atoms with Crippen LogP contribution in [0.1, 0.15) is 12.0 Å². The van der Waals surface area contributed by atoms with Crippen molar-refractivity contribution < 1.29 is 4.74 Å². The highest BCUT2D eigenvalue weighted by atomic mass is 16.5. The van der Waals surface area contributed by atoms with Crippen molar-refractivity contribution in [3.05, 3.63) is 11.9 Å². The normalized spacial score (nSPS) is 20.7. The Hall–Kier alpha value is -1.36. The van der Waals surface area contributed by atoms with Gasteiger partial charge in [-0.25, -0.2) is 9.97 Å². The lowest BCUT2D eigenvalue weighted by Gasteiger charge is -2.19. The van der Waals surface area contributed by atoms with Gasteiger partial charge in [-0.2, -0.15) is 0 Å². The molecule has 0 aliphatic carbocycles. The van der Waals surface area contributed by atoms with Crippen LogP contribution in [0.2, 0.25) is 0 Å². The number of methoxy groups -OCH3 is 1. The van der Waals surface area contributed by atoms with E-state index in [1.54, 1.807) is 7.11 Å². The van der Waals surface area contributed by atoms with E-state index >= 15 is 0 Å². The second kappa shape index (κ2) is 4.02. The molecule has 1 unspecified atom stereocenters. The molecule has 2 N–H and O–H groups in total. The van der Waals surface area contributed by atoms with Crippen LogP contribution >= 0.6 is 0 Å². The summed E-state index contributed by atoms with van der Waals surface area (Å²) < 4.78 is 5.16. The van der Waals surface area contributed by atoms with Crippen LogP contribution in [0.25, 0.3) is 0 Å². The number of nitrogens with zero attached hydrogens (tertiary/aromatic N) is 3. The first kappa shape index (κ1) is 10.2. The molecule has 1 aromatic heterocycles. The fraction of sp³-hybridized carbons (Fsp3) is 0.600. The van der Waals surface area contributed by atoms with Gasteiger partial charge in [0.15, 0.2) is 0 Å². The van der Waals surface area contributed by atoms with Crippen molar-refractivity contribution >= 4 is 5.82 Å². The molecule has 1 saturated heterocycles. The van der Waals surface area contributed by atoms with Gasteiger partial charge in [0.1, 0.15) is 12.1 Å². The zero-order chi connectivity index (χ0) is 10.8. The molecule has 82 valence electrons. The standard InChI is InChI=1S/C10H16N4O/c1-7-9(12-6-13-10(7)15-2)14-4-3-8(11)5-14/h6,8H,3-5,11H2,1-2H3. The zero-order valence-electron chi connectivity index (χ0n) is 9.10. The highest BCUT2D eigenvalue weighted by Gasteiger charge is 2.22. The van der Waals surface area contributed by atoms with Gasteiger partial charge in [-0.3, -0.25) is 0 Å². The second-order valence-electron chi connectivity index (χ2n) is 3.83. The number of nitrogens with two attached hydrogens (primary N) is 1. The molecule has 5 heteroatoms. The molecular formula is C10H16N4O.